The molecular weight excluding hydrogens is 364 g/mol. The second kappa shape index (κ2) is 12.8. The Labute approximate surface area is 175 Å². The molecule has 1 aliphatic carbocycles. The Morgan fingerprint density at radius 3 is 2.41 bits per heavy atom. The molecule has 3 atom stereocenters. The van der Waals surface area contributed by atoms with E-state index in [4.69, 9.17) is 5.11 Å². The number of aliphatic carboxylic acids is 1. The van der Waals surface area contributed by atoms with Gasteiger partial charge in [-0.3, -0.25) is 9.59 Å². The fourth-order valence-corrected chi connectivity index (χ4v) is 4.57. The number of carboxylic acid groups (broad SMARTS) is 1. The predicted molar refractivity (Wildman–Crippen MR) is 116 cm³/mol. The first kappa shape index (κ1) is 23.6. The zero-order valence-electron chi connectivity index (χ0n) is 17.9. The average molecular weight is 403 g/mol. The molecule has 4 nitrogen and oxygen atoms in total. The van der Waals surface area contributed by atoms with Crippen molar-refractivity contribution in [2.75, 3.05) is 0 Å². The molecule has 1 aliphatic rings. The summed E-state index contributed by atoms with van der Waals surface area (Å²) in [6, 6.07) is 8.07. The molecule has 0 heterocycles. The highest BCUT2D eigenvalue weighted by Gasteiger charge is 2.35. The van der Waals surface area contributed by atoms with Gasteiger partial charge in [-0.1, -0.05) is 76.1 Å². The van der Waals surface area contributed by atoms with Crippen LogP contribution in [0.25, 0.3) is 0 Å². The molecular formula is C25H38O4. The van der Waals surface area contributed by atoms with Crippen LogP contribution in [0.1, 0.15) is 114 Å². The van der Waals surface area contributed by atoms with Gasteiger partial charge in [-0.15, -0.1) is 0 Å². The molecule has 1 fully saturated rings. The van der Waals surface area contributed by atoms with Crippen LogP contribution in [0.3, 0.4) is 0 Å². The molecule has 0 saturated heterocycles. The molecule has 1 saturated carbocycles. The van der Waals surface area contributed by atoms with E-state index in [0.29, 0.717) is 18.1 Å². The van der Waals surface area contributed by atoms with E-state index in [1.54, 1.807) is 0 Å². The quantitative estimate of drug-likeness (QED) is 0.364. The van der Waals surface area contributed by atoms with Crippen molar-refractivity contribution in [1.29, 1.82) is 0 Å². The second-order valence-corrected chi connectivity index (χ2v) is 8.62. The first-order valence-corrected chi connectivity index (χ1v) is 11.5. The van der Waals surface area contributed by atoms with Crippen LogP contribution < -0.4 is 0 Å². The third-order valence-corrected chi connectivity index (χ3v) is 6.31. The van der Waals surface area contributed by atoms with Crippen molar-refractivity contribution >= 4 is 11.8 Å². The van der Waals surface area contributed by atoms with E-state index in [-0.39, 0.29) is 12.3 Å². The van der Waals surface area contributed by atoms with Crippen molar-refractivity contribution in [3.05, 3.63) is 35.4 Å². The maximum Gasteiger partial charge on any atom is 0.303 e. The van der Waals surface area contributed by atoms with E-state index in [2.05, 4.69) is 6.92 Å². The van der Waals surface area contributed by atoms with Gasteiger partial charge >= 0.3 is 5.97 Å². The highest BCUT2D eigenvalue weighted by atomic mass is 16.4. The van der Waals surface area contributed by atoms with Crippen molar-refractivity contribution in [2.24, 2.45) is 5.92 Å². The Kier molecular flexibility index (Phi) is 10.4. The maximum absolute atomic E-state index is 12.5. The largest absolute Gasteiger partial charge is 0.481 e. The van der Waals surface area contributed by atoms with Crippen LogP contribution in [0.15, 0.2) is 24.3 Å². The molecule has 1 aromatic rings. The first-order chi connectivity index (χ1) is 14.0. The normalized spacial score (nSPS) is 20.1. The molecule has 0 aromatic heterocycles. The number of carboxylic acids is 1. The van der Waals surface area contributed by atoms with Crippen molar-refractivity contribution in [1.82, 2.24) is 0 Å². The monoisotopic (exact) mass is 402 g/mol. The van der Waals surface area contributed by atoms with Crippen LogP contribution in [-0.2, 0) is 9.59 Å². The Morgan fingerprint density at radius 1 is 1.03 bits per heavy atom. The van der Waals surface area contributed by atoms with Crippen molar-refractivity contribution in [3.8, 4) is 0 Å². The zero-order chi connectivity index (χ0) is 21.1. The third kappa shape index (κ3) is 7.93. The zero-order valence-corrected chi connectivity index (χ0v) is 17.9. The highest BCUT2D eigenvalue weighted by molar-refractivity contribution is 5.88. The van der Waals surface area contributed by atoms with Crippen molar-refractivity contribution in [2.45, 2.75) is 102 Å². The van der Waals surface area contributed by atoms with Gasteiger partial charge in [0.25, 0.3) is 0 Å². The summed E-state index contributed by atoms with van der Waals surface area (Å²) >= 11 is 0. The number of carbonyl (C=O) groups is 2. The smallest absolute Gasteiger partial charge is 0.303 e. The average Bonchev–Trinajstić information content (AvgIpc) is 3.08. The van der Waals surface area contributed by atoms with E-state index >= 15 is 0 Å². The summed E-state index contributed by atoms with van der Waals surface area (Å²) < 4.78 is 0. The minimum absolute atomic E-state index is 0.00948. The van der Waals surface area contributed by atoms with Gasteiger partial charge in [-0.25, -0.2) is 0 Å². The minimum atomic E-state index is -0.721. The lowest BCUT2D eigenvalue weighted by Gasteiger charge is -2.20. The van der Waals surface area contributed by atoms with Crippen LogP contribution in [0.2, 0.25) is 0 Å². The minimum Gasteiger partial charge on any atom is -0.481 e. The maximum atomic E-state index is 12.5. The summed E-state index contributed by atoms with van der Waals surface area (Å²) in [5, 5.41) is 19.1. The molecule has 0 radical (unpaired) electrons. The lowest BCUT2D eigenvalue weighted by atomic mass is 9.84. The fraction of sp³-hybridized carbons (Fsp3) is 0.680. The van der Waals surface area contributed by atoms with Crippen LogP contribution >= 0.6 is 0 Å². The van der Waals surface area contributed by atoms with Gasteiger partial charge in [0.1, 0.15) is 5.78 Å². The van der Waals surface area contributed by atoms with Crippen molar-refractivity contribution in [3.63, 3.8) is 0 Å². The van der Waals surface area contributed by atoms with E-state index < -0.39 is 12.1 Å². The summed E-state index contributed by atoms with van der Waals surface area (Å²) in [5.74, 6) is 0.00581. The molecule has 4 heteroatoms. The summed E-state index contributed by atoms with van der Waals surface area (Å²) in [6.07, 6.45) is 11.7. The first-order valence-electron chi connectivity index (χ1n) is 11.5. The molecule has 0 aliphatic heterocycles. The van der Waals surface area contributed by atoms with Gasteiger partial charge in [-0.2, -0.15) is 0 Å². The molecule has 0 spiro atoms. The number of rotatable bonds is 14. The summed E-state index contributed by atoms with van der Waals surface area (Å²) in [4.78, 5) is 23.1. The van der Waals surface area contributed by atoms with E-state index in [0.717, 1.165) is 62.5 Å². The van der Waals surface area contributed by atoms with Gasteiger partial charge < -0.3 is 10.2 Å². The topological polar surface area (TPSA) is 74.6 Å². The lowest BCUT2D eigenvalue weighted by Crippen LogP contribution is -2.13. The summed E-state index contributed by atoms with van der Waals surface area (Å²) in [6.45, 7) is 2.19. The number of hydrogen-bond acceptors (Lipinski definition) is 3. The van der Waals surface area contributed by atoms with E-state index in [9.17, 15) is 14.7 Å². The molecule has 162 valence electrons. The number of hydrogen-bond donors (Lipinski definition) is 2. The van der Waals surface area contributed by atoms with E-state index in [1.165, 1.54) is 19.3 Å². The van der Waals surface area contributed by atoms with Gasteiger partial charge in [0.2, 0.25) is 0 Å². The van der Waals surface area contributed by atoms with Gasteiger partial charge in [0, 0.05) is 18.8 Å². The van der Waals surface area contributed by atoms with Crippen LogP contribution in [0, 0.1) is 5.92 Å². The van der Waals surface area contributed by atoms with Crippen molar-refractivity contribution < 1.29 is 19.8 Å². The standard InChI is InChI=1S/C25H38O4/c1-2-3-4-8-11-22(26)19-13-15-21(16-14-19)25-20(17-18-23(25)27)10-7-5-6-9-12-24(28)29/h13-16,20,22,25-26H,2-12,17-18H2,1H3,(H,28,29). The number of unbranched alkanes of at least 4 members (excludes halogenated alkanes) is 6. The molecule has 2 N–H and O–H groups in total. The fourth-order valence-electron chi connectivity index (χ4n) is 4.57. The number of benzene rings is 1. The molecule has 0 bridgehead atoms. The number of Topliss-reactive ketones (excluding diaryl/α,β-unsaturated/α-hetero) is 1. The van der Waals surface area contributed by atoms with E-state index in [1.807, 2.05) is 24.3 Å². The Hall–Kier alpha value is -1.68. The number of aliphatic hydroxyl groups is 1. The Morgan fingerprint density at radius 2 is 1.72 bits per heavy atom. The van der Waals surface area contributed by atoms with Gasteiger partial charge in [-0.05, 0) is 42.7 Å². The Balaban J connectivity index is 1.83. The molecule has 3 unspecified atom stereocenters. The SMILES string of the molecule is CCCCCCC(O)c1ccc(C2C(=O)CCC2CCCCCCC(=O)O)cc1. The number of ketones is 1. The lowest BCUT2D eigenvalue weighted by molar-refractivity contribution is -0.137. The Bertz CT molecular complexity index is 622. The molecule has 0 amide bonds. The number of aliphatic hydroxyl groups excluding tert-OH is 1. The van der Waals surface area contributed by atoms with Gasteiger partial charge in [0.15, 0.2) is 0 Å². The molecule has 1 aromatic carbocycles. The molecule has 29 heavy (non-hydrogen) atoms. The highest BCUT2D eigenvalue weighted by Crippen LogP contribution is 2.40. The predicted octanol–water partition coefficient (Wildman–Crippen LogP) is 6.18. The van der Waals surface area contributed by atoms with Gasteiger partial charge in [0.05, 0.1) is 6.10 Å². The molecule has 2 rings (SSSR count). The number of carbonyl (C=O) groups excluding carboxylic acids is 1. The van der Waals surface area contributed by atoms with Crippen LogP contribution in [0.5, 0.6) is 0 Å². The van der Waals surface area contributed by atoms with Crippen LogP contribution in [-0.4, -0.2) is 22.0 Å². The van der Waals surface area contributed by atoms with Crippen LogP contribution in [0.4, 0.5) is 0 Å². The summed E-state index contributed by atoms with van der Waals surface area (Å²) in [7, 11) is 0. The third-order valence-electron chi connectivity index (χ3n) is 6.31. The second-order valence-electron chi connectivity index (χ2n) is 8.62. The summed E-state index contributed by atoms with van der Waals surface area (Å²) in [5.41, 5.74) is 2.04.